The third kappa shape index (κ3) is 4.65. The van der Waals surface area contributed by atoms with Crippen molar-refractivity contribution in [2.75, 3.05) is 0 Å². The normalized spacial score (nSPS) is 10.7. The molecule has 5 heteroatoms. The van der Waals surface area contributed by atoms with Crippen LogP contribution < -0.4 is 5.56 Å². The van der Waals surface area contributed by atoms with Gasteiger partial charge in [-0.05, 0) is 51.5 Å². The van der Waals surface area contributed by atoms with Gasteiger partial charge in [-0.3, -0.25) is 4.79 Å². The molecule has 0 fully saturated rings. The van der Waals surface area contributed by atoms with Crippen molar-refractivity contribution in [3.8, 4) is 17.2 Å². The molecule has 148 valence electrons. The number of benzene rings is 2. The number of rotatable bonds is 7. The number of aromatic nitrogens is 2. The summed E-state index contributed by atoms with van der Waals surface area (Å²) in [5.41, 5.74) is 4.55. The second-order valence-corrected chi connectivity index (χ2v) is 7.78. The molecule has 0 N–H and O–H groups in total. The number of halogens is 1. The first-order valence-electron chi connectivity index (χ1n) is 9.95. The van der Waals surface area contributed by atoms with Crippen LogP contribution in [-0.2, 0) is 19.4 Å². The maximum absolute atomic E-state index is 12.3. The first kappa shape index (κ1) is 21.0. The molecule has 0 saturated carbocycles. The fourth-order valence-corrected chi connectivity index (χ4v) is 4.07. The van der Waals surface area contributed by atoms with Gasteiger partial charge in [-0.1, -0.05) is 62.7 Å². The fraction of sp³-hybridized carbons (Fsp3) is 0.292. The Morgan fingerprint density at radius 2 is 1.83 bits per heavy atom. The molecular weight excluding hydrogens is 426 g/mol. The van der Waals surface area contributed by atoms with Crippen LogP contribution in [0.15, 0.2) is 57.8 Å². The Morgan fingerprint density at radius 1 is 1.10 bits per heavy atom. The van der Waals surface area contributed by atoms with Crippen molar-refractivity contribution in [1.82, 2.24) is 9.55 Å². The van der Waals surface area contributed by atoms with Gasteiger partial charge in [0.2, 0.25) is 0 Å². The van der Waals surface area contributed by atoms with Crippen LogP contribution in [0.3, 0.4) is 0 Å². The molecule has 0 aliphatic rings. The molecule has 0 spiro atoms. The minimum atomic E-state index is -0.187. The van der Waals surface area contributed by atoms with Gasteiger partial charge in [0.15, 0.2) is 0 Å². The Labute approximate surface area is 180 Å². The topological polar surface area (TPSA) is 58.7 Å². The molecular formula is C24H24BrN3O. The minimum absolute atomic E-state index is 0.187. The number of nitriles is 1. The average Bonchev–Trinajstić information content (AvgIpc) is 2.76. The predicted molar refractivity (Wildman–Crippen MR) is 120 cm³/mol. The molecule has 0 bridgehead atoms. The van der Waals surface area contributed by atoms with Crippen LogP contribution in [0.25, 0.3) is 11.1 Å². The highest BCUT2D eigenvalue weighted by molar-refractivity contribution is 9.10. The van der Waals surface area contributed by atoms with E-state index in [2.05, 4.69) is 57.5 Å². The van der Waals surface area contributed by atoms with E-state index < -0.39 is 0 Å². The van der Waals surface area contributed by atoms with Gasteiger partial charge in [0.25, 0.3) is 5.56 Å². The van der Waals surface area contributed by atoms with Gasteiger partial charge in [0, 0.05) is 18.7 Å². The molecule has 3 rings (SSSR count). The second kappa shape index (κ2) is 9.67. The monoisotopic (exact) mass is 449 g/mol. The minimum Gasteiger partial charge on any atom is -0.328 e. The number of hydrogen-bond donors (Lipinski definition) is 0. The van der Waals surface area contributed by atoms with Crippen LogP contribution in [0.4, 0.5) is 0 Å². The molecule has 3 aromatic rings. The lowest BCUT2D eigenvalue weighted by atomic mass is 9.99. The van der Waals surface area contributed by atoms with Gasteiger partial charge in [-0.15, -0.1) is 0 Å². The van der Waals surface area contributed by atoms with Crippen LogP contribution in [-0.4, -0.2) is 9.55 Å². The van der Waals surface area contributed by atoms with Crippen molar-refractivity contribution in [3.63, 3.8) is 0 Å². The van der Waals surface area contributed by atoms with E-state index in [1.54, 1.807) is 0 Å². The largest absolute Gasteiger partial charge is 0.328 e. The van der Waals surface area contributed by atoms with Crippen LogP contribution >= 0.6 is 15.9 Å². The van der Waals surface area contributed by atoms with Crippen molar-refractivity contribution < 1.29 is 0 Å². The standard InChI is InChI=1S/C24H24BrN3O/c1-3-5-10-22-27-24(29)23(25)21(4-2)28(22)16-17-11-13-18(14-12-17)20-9-7-6-8-19(20)15-26/h6-9,11-14H,3-5,10,16H2,1-2H3. The van der Waals surface area contributed by atoms with E-state index in [1.165, 1.54) is 0 Å². The highest BCUT2D eigenvalue weighted by Crippen LogP contribution is 2.24. The van der Waals surface area contributed by atoms with Crippen molar-refractivity contribution in [3.05, 3.63) is 86.0 Å². The third-order valence-electron chi connectivity index (χ3n) is 5.05. The van der Waals surface area contributed by atoms with Gasteiger partial charge in [-0.2, -0.15) is 10.2 Å². The number of hydrogen-bond acceptors (Lipinski definition) is 3. The van der Waals surface area contributed by atoms with Gasteiger partial charge >= 0.3 is 0 Å². The van der Waals surface area contributed by atoms with Gasteiger partial charge in [0.05, 0.1) is 11.6 Å². The average molecular weight is 450 g/mol. The molecule has 0 unspecified atom stereocenters. The van der Waals surface area contributed by atoms with Crippen LogP contribution in [0.2, 0.25) is 0 Å². The molecule has 0 amide bonds. The highest BCUT2D eigenvalue weighted by Gasteiger charge is 2.14. The Morgan fingerprint density at radius 3 is 2.48 bits per heavy atom. The third-order valence-corrected chi connectivity index (χ3v) is 5.85. The zero-order valence-electron chi connectivity index (χ0n) is 16.8. The zero-order chi connectivity index (χ0) is 20.8. The summed E-state index contributed by atoms with van der Waals surface area (Å²) in [6.07, 6.45) is 3.60. The lowest BCUT2D eigenvalue weighted by molar-refractivity contribution is 0.618. The first-order chi connectivity index (χ1) is 14.1. The molecule has 1 aromatic heterocycles. The maximum Gasteiger partial charge on any atom is 0.287 e. The van der Waals surface area contributed by atoms with Gasteiger partial charge in [-0.25, -0.2) is 0 Å². The zero-order valence-corrected chi connectivity index (χ0v) is 18.4. The number of nitrogens with zero attached hydrogens (tertiary/aromatic N) is 3. The van der Waals surface area contributed by atoms with Crippen LogP contribution in [0.1, 0.15) is 49.3 Å². The smallest absolute Gasteiger partial charge is 0.287 e. The molecule has 2 aromatic carbocycles. The summed E-state index contributed by atoms with van der Waals surface area (Å²) in [5.74, 6) is 0.843. The van der Waals surface area contributed by atoms with Crippen LogP contribution in [0, 0.1) is 11.3 Å². The molecule has 4 nitrogen and oxygen atoms in total. The fourth-order valence-electron chi connectivity index (χ4n) is 3.49. The van der Waals surface area contributed by atoms with Crippen molar-refractivity contribution >= 4 is 15.9 Å². The summed E-state index contributed by atoms with van der Waals surface area (Å²) in [7, 11) is 0. The lowest BCUT2D eigenvalue weighted by Crippen LogP contribution is -2.23. The van der Waals surface area contributed by atoms with E-state index in [1.807, 2.05) is 36.4 Å². The quantitative estimate of drug-likeness (QED) is 0.478. The molecule has 1 heterocycles. The summed E-state index contributed by atoms with van der Waals surface area (Å²) in [6.45, 7) is 4.86. The van der Waals surface area contributed by atoms with E-state index in [0.29, 0.717) is 16.6 Å². The van der Waals surface area contributed by atoms with E-state index in [9.17, 15) is 10.1 Å². The van der Waals surface area contributed by atoms with Crippen molar-refractivity contribution in [2.45, 2.75) is 46.1 Å². The Bertz CT molecular complexity index is 1090. The van der Waals surface area contributed by atoms with E-state index in [-0.39, 0.29) is 5.56 Å². The van der Waals surface area contributed by atoms with Crippen molar-refractivity contribution in [2.24, 2.45) is 0 Å². The highest BCUT2D eigenvalue weighted by atomic mass is 79.9. The summed E-state index contributed by atoms with van der Waals surface area (Å²) >= 11 is 3.44. The molecule has 0 aliphatic carbocycles. The summed E-state index contributed by atoms with van der Waals surface area (Å²) in [6, 6.07) is 18.1. The lowest BCUT2D eigenvalue weighted by Gasteiger charge is -2.19. The second-order valence-electron chi connectivity index (χ2n) is 6.99. The molecule has 29 heavy (non-hydrogen) atoms. The summed E-state index contributed by atoms with van der Waals surface area (Å²) < 4.78 is 2.72. The summed E-state index contributed by atoms with van der Waals surface area (Å²) in [4.78, 5) is 16.6. The van der Waals surface area contributed by atoms with Gasteiger partial charge in [0.1, 0.15) is 10.3 Å². The Kier molecular flexibility index (Phi) is 7.00. The van der Waals surface area contributed by atoms with Gasteiger partial charge < -0.3 is 4.57 Å². The SMILES string of the molecule is CCCCc1nc(=O)c(Br)c(CC)n1Cc1ccc(-c2ccccc2C#N)cc1. The molecule has 0 radical (unpaired) electrons. The maximum atomic E-state index is 12.3. The first-order valence-corrected chi connectivity index (χ1v) is 10.7. The Balaban J connectivity index is 1.97. The molecule has 0 saturated heterocycles. The van der Waals surface area contributed by atoms with Crippen molar-refractivity contribution in [1.29, 1.82) is 5.26 Å². The molecule has 0 aliphatic heterocycles. The predicted octanol–water partition coefficient (Wildman–Crippen LogP) is 5.50. The van der Waals surface area contributed by atoms with Crippen LogP contribution in [0.5, 0.6) is 0 Å². The molecule has 0 atom stereocenters. The number of unbranched alkanes of at least 4 members (excludes halogenated alkanes) is 1. The van der Waals surface area contributed by atoms with E-state index in [0.717, 1.165) is 53.9 Å². The Hall–Kier alpha value is -2.71. The number of aryl methyl sites for hydroxylation is 1. The van der Waals surface area contributed by atoms with E-state index >= 15 is 0 Å². The summed E-state index contributed by atoms with van der Waals surface area (Å²) in [5, 5.41) is 9.35. The van der Waals surface area contributed by atoms with E-state index in [4.69, 9.17) is 0 Å².